The monoisotopic (exact) mass is 589 g/mol. The molecular formula is C33H36ClN3O3S. The van der Waals surface area contributed by atoms with E-state index >= 15 is 0 Å². The van der Waals surface area contributed by atoms with E-state index in [0.29, 0.717) is 11.6 Å². The Labute approximate surface area is 248 Å². The van der Waals surface area contributed by atoms with Gasteiger partial charge in [-0.05, 0) is 41.0 Å². The molecule has 1 aliphatic heterocycles. The molecule has 1 heterocycles. The number of rotatable bonds is 11. The number of β-amino-alcohol motifs (C(OH)–C–C–N with tert-alkyl or cyclic N) is 1. The van der Waals surface area contributed by atoms with E-state index in [9.17, 15) is 13.5 Å². The van der Waals surface area contributed by atoms with Gasteiger partial charge in [0, 0.05) is 50.8 Å². The van der Waals surface area contributed by atoms with Gasteiger partial charge in [0.25, 0.3) is 0 Å². The average molecular weight is 590 g/mol. The maximum absolute atomic E-state index is 13.6. The first-order valence-corrected chi connectivity index (χ1v) is 15.8. The summed E-state index contributed by atoms with van der Waals surface area (Å²) in [6.45, 7) is 3.83. The standard InChI is InChI=1S/C33H36ClN3O3S/c34-30-16-18-32(19-17-30)41(39,40)37(24-27-10-4-1-5-11-27)26-31(38)25-35-20-22-36(23-21-35)33(28-12-6-2-7-13-28)29-14-8-3-9-15-29/h1-19,31,33,38H,20-26H2/t31-/m1/s1. The molecule has 4 aromatic rings. The summed E-state index contributed by atoms with van der Waals surface area (Å²) in [6, 6.07) is 36.9. The van der Waals surface area contributed by atoms with Crippen molar-refractivity contribution in [3.05, 3.63) is 137 Å². The molecule has 5 rings (SSSR count). The van der Waals surface area contributed by atoms with Crippen LogP contribution < -0.4 is 0 Å². The number of halogens is 1. The second-order valence-corrected chi connectivity index (χ2v) is 12.8. The number of aliphatic hydroxyl groups excluding tert-OH is 1. The van der Waals surface area contributed by atoms with Crippen LogP contribution in [0.5, 0.6) is 0 Å². The molecule has 214 valence electrons. The van der Waals surface area contributed by atoms with Crippen molar-refractivity contribution in [3.63, 3.8) is 0 Å². The zero-order valence-electron chi connectivity index (χ0n) is 23.0. The van der Waals surface area contributed by atoms with Crippen molar-refractivity contribution < 1.29 is 13.5 Å². The summed E-state index contributed by atoms with van der Waals surface area (Å²) in [4.78, 5) is 4.87. The van der Waals surface area contributed by atoms with E-state index in [1.165, 1.54) is 27.6 Å². The quantitative estimate of drug-likeness (QED) is 0.257. The SMILES string of the molecule is O=S(=O)(c1ccc(Cl)cc1)N(Cc1ccccc1)C[C@H](O)CN1CCN(C(c2ccccc2)c2ccccc2)CC1. The summed E-state index contributed by atoms with van der Waals surface area (Å²) in [5, 5.41) is 11.6. The fourth-order valence-electron chi connectivity index (χ4n) is 5.47. The van der Waals surface area contributed by atoms with Gasteiger partial charge >= 0.3 is 0 Å². The van der Waals surface area contributed by atoms with Crippen LogP contribution in [0.15, 0.2) is 120 Å². The lowest BCUT2D eigenvalue weighted by atomic mass is 9.96. The molecule has 0 radical (unpaired) electrons. The minimum Gasteiger partial charge on any atom is -0.390 e. The lowest BCUT2D eigenvalue weighted by molar-refractivity contribution is 0.0541. The van der Waals surface area contributed by atoms with E-state index in [1.54, 1.807) is 12.1 Å². The third-order valence-corrected chi connectivity index (χ3v) is 9.62. The molecule has 0 aliphatic carbocycles. The minimum absolute atomic E-state index is 0.00325. The van der Waals surface area contributed by atoms with Crippen molar-refractivity contribution in [1.29, 1.82) is 0 Å². The molecule has 4 aromatic carbocycles. The van der Waals surface area contributed by atoms with E-state index in [-0.39, 0.29) is 24.0 Å². The molecule has 41 heavy (non-hydrogen) atoms. The highest BCUT2D eigenvalue weighted by Crippen LogP contribution is 2.29. The number of piperazine rings is 1. The number of hydrogen-bond donors (Lipinski definition) is 1. The summed E-state index contributed by atoms with van der Waals surface area (Å²) in [5.41, 5.74) is 3.38. The number of sulfonamides is 1. The van der Waals surface area contributed by atoms with Crippen LogP contribution in [0.3, 0.4) is 0 Å². The molecule has 0 unspecified atom stereocenters. The van der Waals surface area contributed by atoms with Gasteiger partial charge in [-0.15, -0.1) is 0 Å². The fraction of sp³-hybridized carbons (Fsp3) is 0.273. The van der Waals surface area contributed by atoms with Gasteiger partial charge in [-0.1, -0.05) is 103 Å². The van der Waals surface area contributed by atoms with E-state index < -0.39 is 16.1 Å². The number of aliphatic hydroxyl groups is 1. The lowest BCUT2D eigenvalue weighted by Crippen LogP contribution is -2.51. The summed E-state index contributed by atoms with van der Waals surface area (Å²) in [7, 11) is -3.85. The van der Waals surface area contributed by atoms with Crippen molar-refractivity contribution >= 4 is 21.6 Å². The Morgan fingerprint density at radius 2 is 1.24 bits per heavy atom. The largest absolute Gasteiger partial charge is 0.390 e. The van der Waals surface area contributed by atoms with Gasteiger partial charge < -0.3 is 5.11 Å². The van der Waals surface area contributed by atoms with Gasteiger partial charge in [-0.25, -0.2) is 8.42 Å². The fourth-order valence-corrected chi connectivity index (χ4v) is 7.06. The highest BCUT2D eigenvalue weighted by atomic mass is 35.5. The normalized spacial score (nSPS) is 15.8. The highest BCUT2D eigenvalue weighted by molar-refractivity contribution is 7.89. The minimum atomic E-state index is -3.85. The smallest absolute Gasteiger partial charge is 0.243 e. The molecule has 0 spiro atoms. The van der Waals surface area contributed by atoms with Gasteiger partial charge in [0.1, 0.15) is 0 Å². The van der Waals surface area contributed by atoms with E-state index in [4.69, 9.17) is 11.6 Å². The molecular weight excluding hydrogens is 554 g/mol. The Balaban J connectivity index is 1.25. The van der Waals surface area contributed by atoms with Crippen LogP contribution in [0, 0.1) is 0 Å². The molecule has 6 nitrogen and oxygen atoms in total. The molecule has 1 aliphatic rings. The van der Waals surface area contributed by atoms with Crippen LogP contribution >= 0.6 is 11.6 Å². The Hall–Kier alpha value is -3.04. The second kappa shape index (κ2) is 13.7. The Bertz CT molecular complexity index is 1430. The van der Waals surface area contributed by atoms with Crippen molar-refractivity contribution in [2.45, 2.75) is 23.6 Å². The average Bonchev–Trinajstić information content (AvgIpc) is 3.00. The van der Waals surface area contributed by atoms with E-state index in [2.05, 4.69) is 58.3 Å². The van der Waals surface area contributed by atoms with Crippen LogP contribution in [-0.2, 0) is 16.6 Å². The van der Waals surface area contributed by atoms with Crippen LogP contribution in [0.2, 0.25) is 5.02 Å². The number of benzene rings is 4. The highest BCUT2D eigenvalue weighted by Gasteiger charge is 2.30. The first-order chi connectivity index (χ1) is 19.9. The molecule has 0 bridgehead atoms. The second-order valence-electron chi connectivity index (χ2n) is 10.5. The van der Waals surface area contributed by atoms with E-state index in [1.807, 2.05) is 42.5 Å². The topological polar surface area (TPSA) is 64.1 Å². The Kier molecular flexibility index (Phi) is 9.88. The molecule has 1 saturated heterocycles. The van der Waals surface area contributed by atoms with Crippen LogP contribution in [0.25, 0.3) is 0 Å². The molecule has 0 saturated carbocycles. The van der Waals surface area contributed by atoms with Crippen molar-refractivity contribution in [2.24, 2.45) is 0 Å². The first-order valence-electron chi connectivity index (χ1n) is 13.9. The predicted molar refractivity (Wildman–Crippen MR) is 164 cm³/mol. The maximum Gasteiger partial charge on any atom is 0.243 e. The predicted octanol–water partition coefficient (Wildman–Crippen LogP) is 5.30. The molecule has 1 atom stereocenters. The van der Waals surface area contributed by atoms with Crippen LogP contribution in [-0.4, -0.2) is 73.0 Å². The molecule has 1 N–H and O–H groups in total. The van der Waals surface area contributed by atoms with Gasteiger partial charge in [0.15, 0.2) is 0 Å². The van der Waals surface area contributed by atoms with E-state index in [0.717, 1.165) is 31.7 Å². The summed E-state index contributed by atoms with van der Waals surface area (Å²) in [5.74, 6) is 0. The van der Waals surface area contributed by atoms with Crippen molar-refractivity contribution in [1.82, 2.24) is 14.1 Å². The van der Waals surface area contributed by atoms with Crippen molar-refractivity contribution in [3.8, 4) is 0 Å². The Morgan fingerprint density at radius 3 is 1.78 bits per heavy atom. The number of nitrogens with zero attached hydrogens (tertiary/aromatic N) is 3. The van der Waals surface area contributed by atoms with Crippen LogP contribution in [0.4, 0.5) is 0 Å². The van der Waals surface area contributed by atoms with Gasteiger partial charge in [0.05, 0.1) is 17.0 Å². The molecule has 1 fully saturated rings. The van der Waals surface area contributed by atoms with Gasteiger partial charge in [0.2, 0.25) is 10.0 Å². The lowest BCUT2D eigenvalue weighted by Gasteiger charge is -2.40. The number of hydrogen-bond acceptors (Lipinski definition) is 5. The summed E-state index contributed by atoms with van der Waals surface area (Å²) >= 11 is 6.01. The molecule has 0 amide bonds. The molecule has 0 aromatic heterocycles. The van der Waals surface area contributed by atoms with Crippen molar-refractivity contribution in [2.75, 3.05) is 39.3 Å². The van der Waals surface area contributed by atoms with Crippen LogP contribution in [0.1, 0.15) is 22.7 Å². The maximum atomic E-state index is 13.6. The summed E-state index contributed by atoms with van der Waals surface area (Å²) in [6.07, 6.45) is -0.841. The Morgan fingerprint density at radius 1 is 0.732 bits per heavy atom. The zero-order valence-corrected chi connectivity index (χ0v) is 24.5. The third-order valence-electron chi connectivity index (χ3n) is 7.54. The zero-order chi connectivity index (χ0) is 28.7. The first kappa shape index (κ1) is 29.5. The molecule has 8 heteroatoms. The van der Waals surface area contributed by atoms with Gasteiger partial charge in [-0.3, -0.25) is 9.80 Å². The summed E-state index contributed by atoms with van der Waals surface area (Å²) < 4.78 is 28.6. The van der Waals surface area contributed by atoms with Gasteiger partial charge in [-0.2, -0.15) is 4.31 Å². The third kappa shape index (κ3) is 7.63.